The lowest BCUT2D eigenvalue weighted by Gasteiger charge is -2.10. The summed E-state index contributed by atoms with van der Waals surface area (Å²) >= 11 is 0. The molecule has 0 aliphatic carbocycles. The summed E-state index contributed by atoms with van der Waals surface area (Å²) in [6.07, 6.45) is 4.36. The molecule has 4 rings (SSSR count). The first-order chi connectivity index (χ1) is 14.8. The molecule has 2 heterocycles. The molecule has 0 saturated heterocycles. The molecule has 0 saturated carbocycles. The average Bonchev–Trinajstić information content (AvgIpc) is 3.09. The number of carbonyl (C=O) groups is 1. The van der Waals surface area contributed by atoms with Gasteiger partial charge in [0.1, 0.15) is 0 Å². The summed E-state index contributed by atoms with van der Waals surface area (Å²) in [5.74, 6) is -3.36. The van der Waals surface area contributed by atoms with Crippen molar-refractivity contribution in [2.45, 2.75) is 4.90 Å². The molecule has 2 aromatic carbocycles. The van der Waals surface area contributed by atoms with Gasteiger partial charge in [0.15, 0.2) is 11.6 Å². The zero-order valence-electron chi connectivity index (χ0n) is 16.0. The summed E-state index contributed by atoms with van der Waals surface area (Å²) in [6, 6.07) is 9.24. The third-order valence-corrected chi connectivity index (χ3v) is 5.87. The third-order valence-electron chi connectivity index (χ3n) is 4.52. The number of aromatic nitrogens is 3. The maximum atomic E-state index is 14.4. The lowest BCUT2D eigenvalue weighted by Crippen LogP contribution is -2.16. The van der Waals surface area contributed by atoms with Crippen LogP contribution in [0.5, 0.6) is 0 Å². The number of hydrogen-bond acceptors (Lipinski definition) is 5. The zero-order valence-corrected chi connectivity index (χ0v) is 16.8. The number of halogens is 2. The molecular formula is C20H15F2N5O3S. The van der Waals surface area contributed by atoms with Gasteiger partial charge in [-0.3, -0.25) is 4.79 Å². The van der Waals surface area contributed by atoms with E-state index in [0.29, 0.717) is 5.52 Å². The van der Waals surface area contributed by atoms with E-state index in [1.807, 2.05) is 0 Å². The van der Waals surface area contributed by atoms with E-state index in [0.717, 1.165) is 6.07 Å². The van der Waals surface area contributed by atoms with Gasteiger partial charge in [0.05, 0.1) is 16.0 Å². The van der Waals surface area contributed by atoms with Crippen molar-refractivity contribution >= 4 is 38.5 Å². The number of benzene rings is 2. The van der Waals surface area contributed by atoms with Gasteiger partial charge in [-0.1, -0.05) is 0 Å². The van der Waals surface area contributed by atoms with Crippen LogP contribution in [0.1, 0.15) is 10.4 Å². The Morgan fingerprint density at radius 1 is 1.06 bits per heavy atom. The number of nitrogens with one attached hydrogen (secondary N) is 2. The van der Waals surface area contributed by atoms with Gasteiger partial charge >= 0.3 is 0 Å². The van der Waals surface area contributed by atoms with Gasteiger partial charge < -0.3 is 9.88 Å². The van der Waals surface area contributed by atoms with Gasteiger partial charge in [-0.2, -0.15) is 0 Å². The number of amides is 1. The average molecular weight is 443 g/mol. The standard InChI is InChI=1S/C20H15F2N5O3S/c1-27-10-7-14-16(27)11-15(21)18(22)17(14)19(28)25-12-3-5-13(6-4-12)31(29,30)26-20-23-8-2-9-24-20/h2-11H,1H3,(H,25,28)(H,23,24,26). The second-order valence-corrected chi connectivity index (χ2v) is 8.25. The number of aryl methyl sites for hydroxylation is 1. The molecule has 1 amide bonds. The van der Waals surface area contributed by atoms with Gasteiger partial charge in [-0.25, -0.2) is 31.9 Å². The van der Waals surface area contributed by atoms with E-state index in [9.17, 15) is 22.0 Å². The molecule has 0 spiro atoms. The second kappa shape index (κ2) is 7.76. The minimum absolute atomic E-state index is 0.0895. The van der Waals surface area contributed by atoms with Gasteiger partial charge in [-0.05, 0) is 36.4 Å². The fraction of sp³-hybridized carbons (Fsp3) is 0.0500. The quantitative estimate of drug-likeness (QED) is 0.492. The molecule has 8 nitrogen and oxygen atoms in total. The molecule has 0 bridgehead atoms. The lowest BCUT2D eigenvalue weighted by molar-refractivity contribution is 0.102. The fourth-order valence-corrected chi connectivity index (χ4v) is 3.98. The van der Waals surface area contributed by atoms with E-state index in [1.165, 1.54) is 42.7 Å². The maximum Gasteiger partial charge on any atom is 0.264 e. The van der Waals surface area contributed by atoms with Crippen molar-refractivity contribution in [2.24, 2.45) is 7.05 Å². The van der Waals surface area contributed by atoms with E-state index in [-0.39, 0.29) is 21.9 Å². The van der Waals surface area contributed by atoms with E-state index >= 15 is 0 Å². The van der Waals surface area contributed by atoms with E-state index in [2.05, 4.69) is 20.0 Å². The Labute approximate surface area is 175 Å². The minimum Gasteiger partial charge on any atom is -0.350 e. The Kier molecular flexibility index (Phi) is 5.11. The van der Waals surface area contributed by atoms with Crippen LogP contribution in [0, 0.1) is 11.6 Å². The number of nitrogens with zero attached hydrogens (tertiary/aromatic N) is 3. The Hall–Kier alpha value is -3.86. The van der Waals surface area contributed by atoms with Gasteiger partial charge in [0.2, 0.25) is 5.95 Å². The lowest BCUT2D eigenvalue weighted by atomic mass is 10.1. The number of rotatable bonds is 5. The van der Waals surface area contributed by atoms with Crippen LogP contribution >= 0.6 is 0 Å². The van der Waals surface area contributed by atoms with Crippen LogP contribution in [-0.4, -0.2) is 28.9 Å². The van der Waals surface area contributed by atoms with Crippen molar-refractivity contribution in [1.29, 1.82) is 0 Å². The van der Waals surface area contributed by atoms with Crippen molar-refractivity contribution in [3.63, 3.8) is 0 Å². The predicted octanol–water partition coefficient (Wildman–Crippen LogP) is 3.30. The molecule has 0 fully saturated rings. The van der Waals surface area contributed by atoms with Gasteiger partial charge in [-0.15, -0.1) is 0 Å². The Morgan fingerprint density at radius 2 is 1.74 bits per heavy atom. The molecule has 4 aromatic rings. The molecule has 0 unspecified atom stereocenters. The molecule has 0 aliphatic rings. The van der Waals surface area contributed by atoms with Crippen molar-refractivity contribution in [2.75, 3.05) is 10.0 Å². The maximum absolute atomic E-state index is 14.4. The van der Waals surface area contributed by atoms with Gasteiger partial charge in [0.25, 0.3) is 15.9 Å². The highest BCUT2D eigenvalue weighted by atomic mass is 32.2. The van der Waals surface area contributed by atoms with Crippen molar-refractivity contribution in [1.82, 2.24) is 14.5 Å². The van der Waals surface area contributed by atoms with E-state index in [1.54, 1.807) is 23.9 Å². The van der Waals surface area contributed by atoms with E-state index < -0.39 is 33.1 Å². The largest absolute Gasteiger partial charge is 0.350 e. The van der Waals surface area contributed by atoms with Gasteiger partial charge in [0, 0.05) is 42.8 Å². The Bertz CT molecular complexity index is 1390. The zero-order chi connectivity index (χ0) is 22.2. The normalized spacial score (nSPS) is 11.5. The molecule has 11 heteroatoms. The van der Waals surface area contributed by atoms with Crippen molar-refractivity contribution in [3.8, 4) is 0 Å². The molecule has 31 heavy (non-hydrogen) atoms. The first-order valence-electron chi connectivity index (χ1n) is 8.90. The van der Waals surface area contributed by atoms with Crippen LogP contribution in [0.3, 0.4) is 0 Å². The topological polar surface area (TPSA) is 106 Å². The van der Waals surface area contributed by atoms with Crippen LogP contribution in [-0.2, 0) is 17.1 Å². The van der Waals surface area contributed by atoms with Crippen LogP contribution in [0.25, 0.3) is 10.9 Å². The highest BCUT2D eigenvalue weighted by Gasteiger charge is 2.22. The first kappa shape index (κ1) is 20.4. The van der Waals surface area contributed by atoms with Crippen LogP contribution < -0.4 is 10.0 Å². The van der Waals surface area contributed by atoms with Crippen LogP contribution in [0.15, 0.2) is 66.0 Å². The summed E-state index contributed by atoms with van der Waals surface area (Å²) in [5, 5.41) is 2.72. The molecule has 0 aliphatic heterocycles. The first-order valence-corrected chi connectivity index (χ1v) is 10.4. The highest BCUT2D eigenvalue weighted by Crippen LogP contribution is 2.26. The molecular weight excluding hydrogens is 428 g/mol. The van der Waals surface area contributed by atoms with Crippen LogP contribution in [0.4, 0.5) is 20.4 Å². The number of carbonyl (C=O) groups excluding carboxylic acids is 1. The van der Waals surface area contributed by atoms with Crippen molar-refractivity contribution in [3.05, 3.63) is 78.3 Å². The minimum atomic E-state index is -3.95. The molecule has 0 radical (unpaired) electrons. The monoisotopic (exact) mass is 443 g/mol. The third kappa shape index (κ3) is 3.94. The number of fused-ring (bicyclic) bond motifs is 1. The highest BCUT2D eigenvalue weighted by molar-refractivity contribution is 7.92. The molecule has 2 N–H and O–H groups in total. The molecule has 0 atom stereocenters. The van der Waals surface area contributed by atoms with Crippen LogP contribution in [0.2, 0.25) is 0 Å². The van der Waals surface area contributed by atoms with E-state index in [4.69, 9.17) is 0 Å². The smallest absolute Gasteiger partial charge is 0.264 e. The summed E-state index contributed by atoms with van der Waals surface area (Å²) < 4.78 is 57.0. The number of anilines is 2. The molecule has 158 valence electrons. The second-order valence-electron chi connectivity index (χ2n) is 6.56. The van der Waals surface area contributed by atoms with Crippen molar-refractivity contribution < 1.29 is 22.0 Å². The number of hydrogen-bond donors (Lipinski definition) is 2. The SMILES string of the molecule is Cn1ccc2c(C(=O)Nc3ccc(S(=O)(=O)Nc4ncccn4)cc3)c(F)c(F)cc21. The summed E-state index contributed by atoms with van der Waals surface area (Å²) in [5.41, 5.74) is 0.127. The summed E-state index contributed by atoms with van der Waals surface area (Å²) in [6.45, 7) is 0. The summed E-state index contributed by atoms with van der Waals surface area (Å²) in [7, 11) is -2.30. The summed E-state index contributed by atoms with van der Waals surface area (Å²) in [4.78, 5) is 20.2. The Morgan fingerprint density at radius 3 is 2.42 bits per heavy atom. The Balaban J connectivity index is 1.58. The fourth-order valence-electron chi connectivity index (χ4n) is 3.02. The molecule has 2 aromatic heterocycles. The number of sulfonamides is 1. The predicted molar refractivity (Wildman–Crippen MR) is 110 cm³/mol.